The molecule has 2 aromatic carbocycles. The Morgan fingerprint density at radius 3 is 2.33 bits per heavy atom. The third kappa shape index (κ3) is 4.03. The molecule has 1 amide bonds. The molecule has 1 heterocycles. The largest absolute Gasteiger partial charge is 0.503 e. The summed E-state index contributed by atoms with van der Waals surface area (Å²) in [6.07, 6.45) is 0.567. The monoisotopic (exact) mass is 409 g/mol. The Kier molecular flexibility index (Phi) is 6.45. The van der Waals surface area contributed by atoms with Crippen LogP contribution in [-0.4, -0.2) is 42.5 Å². The SMILES string of the molecule is COc1ccc(CCN2C(=O)C(O)=C(C(=O)C(C)C)C2c2ccccc2OC)cc1. The summed E-state index contributed by atoms with van der Waals surface area (Å²) in [4.78, 5) is 27.4. The summed E-state index contributed by atoms with van der Waals surface area (Å²) < 4.78 is 10.7. The van der Waals surface area contributed by atoms with Crippen molar-refractivity contribution < 1.29 is 24.2 Å². The van der Waals surface area contributed by atoms with Crippen molar-refractivity contribution in [1.82, 2.24) is 4.90 Å². The van der Waals surface area contributed by atoms with E-state index in [1.54, 1.807) is 39.0 Å². The van der Waals surface area contributed by atoms with Crippen LogP contribution in [-0.2, 0) is 16.0 Å². The second kappa shape index (κ2) is 9.03. The fraction of sp³-hybridized carbons (Fsp3) is 0.333. The lowest BCUT2D eigenvalue weighted by Crippen LogP contribution is -2.33. The van der Waals surface area contributed by atoms with Crippen molar-refractivity contribution in [2.75, 3.05) is 20.8 Å². The van der Waals surface area contributed by atoms with Crippen LogP contribution in [0.25, 0.3) is 0 Å². The van der Waals surface area contributed by atoms with E-state index in [1.165, 1.54) is 0 Å². The van der Waals surface area contributed by atoms with Crippen LogP contribution >= 0.6 is 0 Å². The number of aliphatic hydroxyl groups is 1. The Balaban J connectivity index is 1.97. The van der Waals surface area contributed by atoms with Crippen LogP contribution in [0.2, 0.25) is 0 Å². The topological polar surface area (TPSA) is 76.1 Å². The van der Waals surface area contributed by atoms with Gasteiger partial charge in [0.1, 0.15) is 11.5 Å². The zero-order valence-electron chi connectivity index (χ0n) is 17.7. The predicted octanol–water partition coefficient (Wildman–Crippen LogP) is 3.87. The summed E-state index contributed by atoms with van der Waals surface area (Å²) in [5, 5.41) is 10.6. The minimum absolute atomic E-state index is 0.134. The fourth-order valence-electron chi connectivity index (χ4n) is 3.70. The summed E-state index contributed by atoms with van der Waals surface area (Å²) in [6.45, 7) is 3.85. The van der Waals surface area contributed by atoms with Crippen molar-refractivity contribution in [1.29, 1.82) is 0 Å². The number of benzene rings is 2. The number of methoxy groups -OCH3 is 2. The maximum atomic E-state index is 13.0. The molecule has 3 rings (SSSR count). The van der Waals surface area contributed by atoms with Crippen LogP contribution in [0, 0.1) is 5.92 Å². The first-order valence-electron chi connectivity index (χ1n) is 9.93. The second-order valence-electron chi connectivity index (χ2n) is 7.52. The van der Waals surface area contributed by atoms with Gasteiger partial charge in [-0.2, -0.15) is 0 Å². The highest BCUT2D eigenvalue weighted by Crippen LogP contribution is 2.42. The van der Waals surface area contributed by atoms with Gasteiger partial charge in [-0.3, -0.25) is 9.59 Å². The number of Topliss-reactive ketones (excluding diaryl/α,β-unsaturated/α-hetero) is 1. The summed E-state index contributed by atoms with van der Waals surface area (Å²) in [5.74, 6) is -0.291. The number of para-hydroxylation sites is 1. The van der Waals surface area contributed by atoms with Crippen LogP contribution in [0.15, 0.2) is 59.9 Å². The normalized spacial score (nSPS) is 16.4. The molecular formula is C24H27NO5. The molecule has 0 aliphatic carbocycles. The smallest absolute Gasteiger partial charge is 0.290 e. The van der Waals surface area contributed by atoms with E-state index >= 15 is 0 Å². The lowest BCUT2D eigenvalue weighted by Gasteiger charge is -2.28. The first-order valence-corrected chi connectivity index (χ1v) is 9.93. The van der Waals surface area contributed by atoms with Crippen LogP contribution in [0.3, 0.4) is 0 Å². The molecule has 6 heteroatoms. The second-order valence-corrected chi connectivity index (χ2v) is 7.52. The molecule has 0 bridgehead atoms. The summed E-state index contributed by atoms with van der Waals surface area (Å²) >= 11 is 0. The van der Waals surface area contributed by atoms with Crippen molar-refractivity contribution in [3.05, 3.63) is 71.0 Å². The number of carbonyl (C=O) groups is 2. The van der Waals surface area contributed by atoms with Crippen LogP contribution in [0.5, 0.6) is 11.5 Å². The van der Waals surface area contributed by atoms with Gasteiger partial charge in [0.15, 0.2) is 11.5 Å². The molecule has 1 aliphatic heterocycles. The van der Waals surface area contributed by atoms with Crippen molar-refractivity contribution in [2.24, 2.45) is 5.92 Å². The Morgan fingerprint density at radius 2 is 1.73 bits per heavy atom. The average molecular weight is 409 g/mol. The number of amides is 1. The molecule has 1 aliphatic rings. The fourth-order valence-corrected chi connectivity index (χ4v) is 3.70. The molecule has 30 heavy (non-hydrogen) atoms. The number of nitrogens with zero attached hydrogens (tertiary/aromatic N) is 1. The van der Waals surface area contributed by atoms with E-state index in [4.69, 9.17) is 9.47 Å². The molecule has 6 nitrogen and oxygen atoms in total. The molecule has 1 N–H and O–H groups in total. The van der Waals surface area contributed by atoms with Gasteiger partial charge in [0.2, 0.25) is 0 Å². The number of carbonyl (C=O) groups excluding carboxylic acids is 2. The highest BCUT2D eigenvalue weighted by atomic mass is 16.5. The van der Waals surface area contributed by atoms with Crippen LogP contribution < -0.4 is 9.47 Å². The summed E-state index contributed by atoms with van der Waals surface area (Å²) in [6, 6.07) is 14.2. The van der Waals surface area contributed by atoms with Gasteiger partial charge in [-0.25, -0.2) is 0 Å². The Bertz CT molecular complexity index is 962. The molecule has 1 atom stereocenters. The van der Waals surface area contributed by atoms with E-state index in [9.17, 15) is 14.7 Å². The summed E-state index contributed by atoms with van der Waals surface area (Å²) in [7, 11) is 3.16. The predicted molar refractivity (Wildman–Crippen MR) is 114 cm³/mol. The first-order chi connectivity index (χ1) is 14.4. The molecule has 0 saturated heterocycles. The first kappa shape index (κ1) is 21.4. The quantitative estimate of drug-likeness (QED) is 0.716. The van der Waals surface area contributed by atoms with E-state index in [-0.39, 0.29) is 17.3 Å². The van der Waals surface area contributed by atoms with Crippen molar-refractivity contribution >= 4 is 11.7 Å². The average Bonchev–Trinajstić information content (AvgIpc) is 3.01. The van der Waals surface area contributed by atoms with Gasteiger partial charge >= 0.3 is 0 Å². The molecule has 1 unspecified atom stereocenters. The lowest BCUT2D eigenvalue weighted by molar-refractivity contribution is -0.129. The van der Waals surface area contributed by atoms with Gasteiger partial charge in [-0.15, -0.1) is 0 Å². The Labute approximate surface area is 176 Å². The Morgan fingerprint density at radius 1 is 1.07 bits per heavy atom. The van der Waals surface area contributed by atoms with Gasteiger partial charge < -0.3 is 19.5 Å². The molecule has 0 aromatic heterocycles. The lowest BCUT2D eigenvalue weighted by atomic mass is 9.90. The summed E-state index contributed by atoms with van der Waals surface area (Å²) in [5.41, 5.74) is 1.83. The van der Waals surface area contributed by atoms with Crippen molar-refractivity contribution in [3.63, 3.8) is 0 Å². The maximum absolute atomic E-state index is 13.0. The van der Waals surface area contributed by atoms with E-state index < -0.39 is 17.7 Å². The number of ether oxygens (including phenoxy) is 2. The minimum atomic E-state index is -0.693. The molecule has 158 valence electrons. The zero-order valence-corrected chi connectivity index (χ0v) is 17.7. The zero-order chi connectivity index (χ0) is 21.8. The number of hydrogen-bond acceptors (Lipinski definition) is 5. The van der Waals surface area contributed by atoms with Gasteiger partial charge in [-0.05, 0) is 30.2 Å². The van der Waals surface area contributed by atoms with Crippen LogP contribution in [0.4, 0.5) is 0 Å². The van der Waals surface area contributed by atoms with Gasteiger partial charge in [0.25, 0.3) is 5.91 Å². The highest BCUT2D eigenvalue weighted by Gasteiger charge is 2.44. The van der Waals surface area contributed by atoms with E-state index in [0.29, 0.717) is 24.3 Å². The molecular weight excluding hydrogens is 382 g/mol. The number of hydrogen-bond donors (Lipinski definition) is 1. The third-order valence-corrected chi connectivity index (χ3v) is 5.33. The van der Waals surface area contributed by atoms with Crippen molar-refractivity contribution in [2.45, 2.75) is 26.3 Å². The van der Waals surface area contributed by atoms with E-state index in [1.807, 2.05) is 42.5 Å². The van der Waals surface area contributed by atoms with Gasteiger partial charge in [-0.1, -0.05) is 44.2 Å². The van der Waals surface area contributed by atoms with Crippen LogP contribution in [0.1, 0.15) is 31.0 Å². The van der Waals surface area contributed by atoms with E-state index in [2.05, 4.69) is 0 Å². The highest BCUT2D eigenvalue weighted by molar-refractivity contribution is 6.09. The molecule has 0 saturated carbocycles. The van der Waals surface area contributed by atoms with Gasteiger partial charge in [0.05, 0.1) is 25.8 Å². The molecule has 0 radical (unpaired) electrons. The maximum Gasteiger partial charge on any atom is 0.290 e. The molecule has 2 aromatic rings. The Hall–Kier alpha value is -3.28. The molecule has 0 fully saturated rings. The third-order valence-electron chi connectivity index (χ3n) is 5.33. The standard InChI is InChI=1S/C24H27NO5/c1-15(2)22(26)20-21(18-7-5-6-8-19(18)30-4)25(24(28)23(20)27)14-13-16-9-11-17(29-3)12-10-16/h5-12,15,21,27H,13-14H2,1-4H3. The number of aliphatic hydroxyl groups excluding tert-OH is 1. The number of ketones is 1. The van der Waals surface area contributed by atoms with Gasteiger partial charge in [0, 0.05) is 18.0 Å². The van der Waals surface area contributed by atoms with E-state index in [0.717, 1.165) is 11.3 Å². The minimum Gasteiger partial charge on any atom is -0.503 e. The number of rotatable bonds is 8. The molecule has 0 spiro atoms. The van der Waals surface area contributed by atoms with Crippen molar-refractivity contribution in [3.8, 4) is 11.5 Å².